The lowest BCUT2D eigenvalue weighted by Crippen LogP contribution is -2.09. The molecule has 0 spiro atoms. The SMILES string of the molecule is Cc1ccc(F)c(C(O)C(C)C)c1Cl. The first-order chi connectivity index (χ1) is 6.45. The number of hydrogen-bond acceptors (Lipinski definition) is 1. The maximum absolute atomic E-state index is 13.4. The largest absolute Gasteiger partial charge is 0.388 e. The molecule has 0 aliphatic carbocycles. The van der Waals surface area contributed by atoms with Gasteiger partial charge >= 0.3 is 0 Å². The number of halogens is 2. The molecule has 3 heteroatoms. The van der Waals surface area contributed by atoms with Crippen LogP contribution in [0.1, 0.15) is 31.1 Å². The van der Waals surface area contributed by atoms with Crippen LogP contribution < -0.4 is 0 Å². The van der Waals surface area contributed by atoms with Crippen molar-refractivity contribution in [2.45, 2.75) is 26.9 Å². The summed E-state index contributed by atoms with van der Waals surface area (Å²) in [7, 11) is 0. The Bertz CT molecular complexity index is 336. The van der Waals surface area contributed by atoms with Crippen LogP contribution >= 0.6 is 11.6 Å². The molecular weight excluding hydrogens is 203 g/mol. The quantitative estimate of drug-likeness (QED) is 0.803. The van der Waals surface area contributed by atoms with Crippen molar-refractivity contribution in [1.29, 1.82) is 0 Å². The van der Waals surface area contributed by atoms with E-state index < -0.39 is 11.9 Å². The molecule has 1 aromatic rings. The first kappa shape index (κ1) is 11.5. The molecule has 1 rings (SSSR count). The second kappa shape index (κ2) is 4.28. The fraction of sp³-hybridized carbons (Fsp3) is 0.455. The van der Waals surface area contributed by atoms with Crippen molar-refractivity contribution < 1.29 is 9.50 Å². The Balaban J connectivity index is 3.25. The molecule has 78 valence electrons. The lowest BCUT2D eigenvalue weighted by Gasteiger charge is -2.18. The van der Waals surface area contributed by atoms with Crippen LogP contribution in [0.2, 0.25) is 5.02 Å². The lowest BCUT2D eigenvalue weighted by atomic mass is 9.97. The number of rotatable bonds is 2. The number of aliphatic hydroxyl groups is 1. The molecule has 1 N–H and O–H groups in total. The molecule has 0 heterocycles. The zero-order valence-electron chi connectivity index (χ0n) is 8.51. The molecule has 0 bridgehead atoms. The first-order valence-electron chi connectivity index (χ1n) is 4.57. The van der Waals surface area contributed by atoms with Crippen molar-refractivity contribution in [1.82, 2.24) is 0 Å². The Hall–Kier alpha value is -0.600. The molecule has 0 saturated carbocycles. The van der Waals surface area contributed by atoms with Crippen molar-refractivity contribution in [2.75, 3.05) is 0 Å². The molecule has 1 nitrogen and oxygen atoms in total. The van der Waals surface area contributed by atoms with E-state index in [0.717, 1.165) is 5.56 Å². The number of aryl methyl sites for hydroxylation is 1. The first-order valence-corrected chi connectivity index (χ1v) is 4.95. The van der Waals surface area contributed by atoms with Gasteiger partial charge < -0.3 is 5.11 Å². The van der Waals surface area contributed by atoms with Crippen molar-refractivity contribution in [3.8, 4) is 0 Å². The number of hydrogen-bond donors (Lipinski definition) is 1. The Labute approximate surface area is 88.5 Å². The van der Waals surface area contributed by atoms with Gasteiger partial charge in [0.1, 0.15) is 5.82 Å². The van der Waals surface area contributed by atoms with Gasteiger partial charge in [0.2, 0.25) is 0 Å². The van der Waals surface area contributed by atoms with Gasteiger partial charge in [-0.1, -0.05) is 31.5 Å². The molecule has 1 unspecified atom stereocenters. The fourth-order valence-corrected chi connectivity index (χ4v) is 1.55. The van der Waals surface area contributed by atoms with E-state index in [1.807, 2.05) is 13.8 Å². The highest BCUT2D eigenvalue weighted by Gasteiger charge is 2.20. The standard InChI is InChI=1S/C11H14ClFO/c1-6(2)11(14)9-8(13)5-4-7(3)10(9)12/h4-6,11,14H,1-3H3. The lowest BCUT2D eigenvalue weighted by molar-refractivity contribution is 0.123. The summed E-state index contributed by atoms with van der Waals surface area (Å²) >= 11 is 5.94. The van der Waals surface area contributed by atoms with E-state index in [2.05, 4.69) is 0 Å². The molecule has 0 aliphatic heterocycles. The molecule has 0 aliphatic rings. The van der Waals surface area contributed by atoms with Crippen molar-refractivity contribution in [3.05, 3.63) is 34.1 Å². The summed E-state index contributed by atoms with van der Waals surface area (Å²) in [5, 5.41) is 10.1. The zero-order chi connectivity index (χ0) is 10.9. The second-order valence-electron chi connectivity index (χ2n) is 3.78. The number of aliphatic hydroxyl groups excluding tert-OH is 1. The van der Waals surface area contributed by atoms with Crippen LogP contribution in [-0.4, -0.2) is 5.11 Å². The minimum Gasteiger partial charge on any atom is -0.388 e. The number of benzene rings is 1. The van der Waals surface area contributed by atoms with E-state index in [9.17, 15) is 9.50 Å². The van der Waals surface area contributed by atoms with Crippen LogP contribution in [0.25, 0.3) is 0 Å². The van der Waals surface area contributed by atoms with Gasteiger partial charge in [-0.25, -0.2) is 4.39 Å². The Morgan fingerprint density at radius 1 is 1.36 bits per heavy atom. The topological polar surface area (TPSA) is 20.2 Å². The second-order valence-corrected chi connectivity index (χ2v) is 4.16. The molecule has 0 radical (unpaired) electrons. The van der Waals surface area contributed by atoms with Crippen LogP contribution in [0, 0.1) is 18.7 Å². The van der Waals surface area contributed by atoms with Gasteiger partial charge in [-0.05, 0) is 24.5 Å². The molecule has 14 heavy (non-hydrogen) atoms. The molecule has 0 aromatic heterocycles. The average molecular weight is 217 g/mol. The third-order valence-electron chi connectivity index (χ3n) is 2.25. The van der Waals surface area contributed by atoms with E-state index >= 15 is 0 Å². The van der Waals surface area contributed by atoms with E-state index in [0.29, 0.717) is 5.02 Å². The van der Waals surface area contributed by atoms with Crippen LogP contribution in [0.5, 0.6) is 0 Å². The summed E-state index contributed by atoms with van der Waals surface area (Å²) in [5.41, 5.74) is 0.990. The highest BCUT2D eigenvalue weighted by atomic mass is 35.5. The Morgan fingerprint density at radius 2 is 1.93 bits per heavy atom. The van der Waals surface area contributed by atoms with Crippen LogP contribution in [0.4, 0.5) is 4.39 Å². The third kappa shape index (κ3) is 2.07. The Morgan fingerprint density at radius 3 is 2.43 bits per heavy atom. The summed E-state index contributed by atoms with van der Waals surface area (Å²) in [6.45, 7) is 5.43. The van der Waals surface area contributed by atoms with Gasteiger partial charge in [0.05, 0.1) is 11.1 Å². The summed E-state index contributed by atoms with van der Waals surface area (Å²) in [5.74, 6) is -0.495. The van der Waals surface area contributed by atoms with E-state index in [-0.39, 0.29) is 11.5 Å². The zero-order valence-corrected chi connectivity index (χ0v) is 9.27. The van der Waals surface area contributed by atoms with Gasteiger partial charge in [-0.3, -0.25) is 0 Å². The predicted octanol–water partition coefficient (Wildman–Crippen LogP) is 3.48. The summed E-state index contributed by atoms with van der Waals surface area (Å²) in [6.07, 6.45) is -0.845. The van der Waals surface area contributed by atoms with Crippen molar-refractivity contribution in [3.63, 3.8) is 0 Å². The minimum absolute atomic E-state index is 0.0520. The summed E-state index contributed by atoms with van der Waals surface area (Å²) in [6, 6.07) is 2.94. The highest BCUT2D eigenvalue weighted by Crippen LogP contribution is 2.32. The monoisotopic (exact) mass is 216 g/mol. The Kier molecular flexibility index (Phi) is 3.51. The summed E-state index contributed by atoms with van der Waals surface area (Å²) < 4.78 is 13.4. The highest BCUT2D eigenvalue weighted by molar-refractivity contribution is 6.32. The summed E-state index contributed by atoms with van der Waals surface area (Å²) in [4.78, 5) is 0. The van der Waals surface area contributed by atoms with Gasteiger partial charge in [0, 0.05) is 5.56 Å². The predicted molar refractivity (Wildman–Crippen MR) is 55.9 cm³/mol. The maximum atomic E-state index is 13.4. The van der Waals surface area contributed by atoms with E-state index in [4.69, 9.17) is 11.6 Å². The van der Waals surface area contributed by atoms with E-state index in [1.54, 1.807) is 13.0 Å². The van der Waals surface area contributed by atoms with Crippen molar-refractivity contribution >= 4 is 11.6 Å². The molecular formula is C11H14ClFO. The van der Waals surface area contributed by atoms with Crippen LogP contribution in [-0.2, 0) is 0 Å². The van der Waals surface area contributed by atoms with Crippen LogP contribution in [0.15, 0.2) is 12.1 Å². The van der Waals surface area contributed by atoms with Gasteiger partial charge in [0.25, 0.3) is 0 Å². The molecule has 0 amide bonds. The molecule has 0 fully saturated rings. The average Bonchev–Trinajstić information content (AvgIpc) is 2.12. The smallest absolute Gasteiger partial charge is 0.130 e. The van der Waals surface area contributed by atoms with Crippen LogP contribution in [0.3, 0.4) is 0 Å². The van der Waals surface area contributed by atoms with Gasteiger partial charge in [-0.15, -0.1) is 0 Å². The van der Waals surface area contributed by atoms with E-state index in [1.165, 1.54) is 6.07 Å². The normalized spacial score (nSPS) is 13.4. The minimum atomic E-state index is -0.845. The molecule has 0 saturated heterocycles. The van der Waals surface area contributed by atoms with Gasteiger partial charge in [0.15, 0.2) is 0 Å². The maximum Gasteiger partial charge on any atom is 0.130 e. The third-order valence-corrected chi connectivity index (χ3v) is 2.75. The van der Waals surface area contributed by atoms with Gasteiger partial charge in [-0.2, -0.15) is 0 Å². The van der Waals surface area contributed by atoms with Crippen molar-refractivity contribution in [2.24, 2.45) is 5.92 Å². The fourth-order valence-electron chi connectivity index (χ4n) is 1.28. The molecule has 1 aromatic carbocycles. The molecule has 1 atom stereocenters.